The van der Waals surface area contributed by atoms with Gasteiger partial charge >= 0.3 is 5.69 Å². The van der Waals surface area contributed by atoms with Gasteiger partial charge in [-0.05, 0) is 0 Å². The van der Waals surface area contributed by atoms with Gasteiger partial charge in [-0.15, -0.1) is 5.10 Å². The highest BCUT2D eigenvalue weighted by Crippen LogP contribution is 1.99. The summed E-state index contributed by atoms with van der Waals surface area (Å²) in [6.07, 6.45) is 0. The van der Waals surface area contributed by atoms with E-state index in [1.165, 1.54) is 9.25 Å². The number of hydrogen-bond donors (Lipinski definition) is 0. The molecule has 5 nitrogen and oxygen atoms in total. The van der Waals surface area contributed by atoms with Crippen LogP contribution in [0.3, 0.4) is 0 Å². The molecule has 62 valence electrons. The second-order valence-electron chi connectivity index (χ2n) is 2.66. The lowest BCUT2D eigenvalue weighted by molar-refractivity contribution is 0.714. The second-order valence-corrected chi connectivity index (χ2v) is 2.66. The lowest BCUT2D eigenvalue weighted by atomic mass is 10.8. The zero-order valence-corrected chi connectivity index (χ0v) is 7.20. The highest BCUT2D eigenvalue weighted by molar-refractivity contribution is 5.25. The predicted molar refractivity (Wildman–Crippen MR) is 42.8 cm³/mol. The molecule has 0 aliphatic carbocycles. The molecule has 0 amide bonds. The molecule has 0 radical (unpaired) electrons. The van der Waals surface area contributed by atoms with E-state index in [0.29, 0.717) is 5.95 Å². The predicted octanol–water partition coefficient (Wildman–Crippen LogP) is -0.815. The molecule has 0 unspecified atom stereocenters. The molecule has 0 saturated heterocycles. The standard InChI is InChI=1S/C6H12N4O/c1-8(2)5-7-10(4)6(11)9(5)3/h1-4H3. The summed E-state index contributed by atoms with van der Waals surface area (Å²) >= 11 is 0. The van der Waals surface area contributed by atoms with Crippen LogP contribution in [0.5, 0.6) is 0 Å². The molecule has 0 aliphatic heterocycles. The highest BCUT2D eigenvalue weighted by Gasteiger charge is 2.07. The Morgan fingerprint density at radius 3 is 2.09 bits per heavy atom. The summed E-state index contributed by atoms with van der Waals surface area (Å²) in [6.45, 7) is 0. The van der Waals surface area contributed by atoms with Crippen molar-refractivity contribution >= 4 is 5.95 Å². The molecule has 1 aromatic heterocycles. The monoisotopic (exact) mass is 156 g/mol. The summed E-state index contributed by atoms with van der Waals surface area (Å²) in [5.74, 6) is 0.664. The van der Waals surface area contributed by atoms with Crippen LogP contribution in [-0.2, 0) is 14.1 Å². The number of aromatic nitrogens is 3. The van der Waals surface area contributed by atoms with E-state index in [0.717, 1.165) is 0 Å². The molecule has 0 spiro atoms. The quantitative estimate of drug-likeness (QED) is 0.534. The summed E-state index contributed by atoms with van der Waals surface area (Å²) in [5.41, 5.74) is -0.103. The Labute approximate surface area is 64.8 Å². The van der Waals surface area contributed by atoms with Crippen molar-refractivity contribution < 1.29 is 0 Å². The van der Waals surface area contributed by atoms with Crippen LogP contribution >= 0.6 is 0 Å². The Balaban J connectivity index is 3.30. The van der Waals surface area contributed by atoms with Gasteiger partial charge in [0.05, 0.1) is 0 Å². The Morgan fingerprint density at radius 2 is 1.91 bits per heavy atom. The average molecular weight is 156 g/mol. The maximum Gasteiger partial charge on any atom is 0.346 e. The van der Waals surface area contributed by atoms with Crippen molar-refractivity contribution in [2.45, 2.75) is 0 Å². The molecule has 0 N–H and O–H groups in total. The first kappa shape index (κ1) is 7.84. The molecule has 0 aromatic carbocycles. The van der Waals surface area contributed by atoms with E-state index in [9.17, 15) is 4.79 Å². The van der Waals surface area contributed by atoms with E-state index in [4.69, 9.17) is 0 Å². The lowest BCUT2D eigenvalue weighted by Gasteiger charge is -2.08. The number of aryl methyl sites for hydroxylation is 1. The van der Waals surface area contributed by atoms with Gasteiger partial charge in [-0.3, -0.25) is 4.57 Å². The first-order valence-electron chi connectivity index (χ1n) is 3.31. The summed E-state index contributed by atoms with van der Waals surface area (Å²) in [4.78, 5) is 12.9. The van der Waals surface area contributed by atoms with Crippen LogP contribution in [0, 0.1) is 0 Å². The van der Waals surface area contributed by atoms with Crippen LogP contribution in [0.2, 0.25) is 0 Å². The minimum absolute atomic E-state index is 0.103. The Kier molecular flexibility index (Phi) is 1.72. The average Bonchev–Trinajstić information content (AvgIpc) is 2.17. The lowest BCUT2D eigenvalue weighted by Crippen LogP contribution is -2.22. The van der Waals surface area contributed by atoms with E-state index in [2.05, 4.69) is 5.10 Å². The van der Waals surface area contributed by atoms with Gasteiger partial charge in [-0.1, -0.05) is 0 Å². The summed E-state index contributed by atoms with van der Waals surface area (Å²) < 4.78 is 2.81. The molecule has 5 heteroatoms. The Hall–Kier alpha value is -1.26. The van der Waals surface area contributed by atoms with Crippen LogP contribution in [0.25, 0.3) is 0 Å². The molecule has 1 heterocycles. The summed E-state index contributed by atoms with van der Waals surface area (Å²) in [6, 6.07) is 0. The van der Waals surface area contributed by atoms with Gasteiger partial charge in [0.25, 0.3) is 0 Å². The number of nitrogens with zero attached hydrogens (tertiary/aromatic N) is 4. The van der Waals surface area contributed by atoms with Crippen LogP contribution in [0.15, 0.2) is 4.79 Å². The molecule has 0 saturated carbocycles. The maximum absolute atomic E-state index is 11.1. The first-order valence-corrected chi connectivity index (χ1v) is 3.31. The highest BCUT2D eigenvalue weighted by atomic mass is 16.2. The van der Waals surface area contributed by atoms with Crippen LogP contribution < -0.4 is 10.6 Å². The van der Waals surface area contributed by atoms with E-state index < -0.39 is 0 Å². The van der Waals surface area contributed by atoms with Crippen molar-refractivity contribution in [1.29, 1.82) is 0 Å². The normalized spacial score (nSPS) is 10.2. The fraction of sp³-hybridized carbons (Fsp3) is 0.667. The zero-order valence-electron chi connectivity index (χ0n) is 7.20. The third-order valence-corrected chi connectivity index (χ3v) is 1.50. The molecule has 1 rings (SSSR count). The van der Waals surface area contributed by atoms with Gasteiger partial charge in [0, 0.05) is 28.2 Å². The fourth-order valence-corrected chi connectivity index (χ4v) is 0.936. The second kappa shape index (κ2) is 2.41. The van der Waals surface area contributed by atoms with Gasteiger partial charge < -0.3 is 4.90 Å². The van der Waals surface area contributed by atoms with Crippen molar-refractivity contribution in [2.24, 2.45) is 14.1 Å². The fourth-order valence-electron chi connectivity index (χ4n) is 0.936. The van der Waals surface area contributed by atoms with Gasteiger partial charge in [0.15, 0.2) is 0 Å². The molecule has 0 atom stereocenters. The van der Waals surface area contributed by atoms with E-state index in [1.807, 2.05) is 14.1 Å². The number of rotatable bonds is 1. The third-order valence-electron chi connectivity index (χ3n) is 1.50. The van der Waals surface area contributed by atoms with Gasteiger partial charge in [0.1, 0.15) is 0 Å². The smallest absolute Gasteiger partial charge is 0.346 e. The molecule has 1 aromatic rings. The maximum atomic E-state index is 11.1. The number of anilines is 1. The molecular weight excluding hydrogens is 144 g/mol. The molecule has 0 bridgehead atoms. The third kappa shape index (κ3) is 1.13. The van der Waals surface area contributed by atoms with Crippen LogP contribution in [0.4, 0.5) is 5.95 Å². The topological polar surface area (TPSA) is 43.1 Å². The minimum Gasteiger partial charge on any atom is -0.347 e. The van der Waals surface area contributed by atoms with Crippen molar-refractivity contribution in [3.05, 3.63) is 10.5 Å². The van der Waals surface area contributed by atoms with Gasteiger partial charge in [-0.2, -0.15) is 0 Å². The first-order chi connectivity index (χ1) is 5.04. The van der Waals surface area contributed by atoms with Crippen LogP contribution in [0.1, 0.15) is 0 Å². The Morgan fingerprint density at radius 1 is 1.36 bits per heavy atom. The SMILES string of the molecule is CN(C)c1nn(C)c(=O)n1C. The van der Waals surface area contributed by atoms with E-state index >= 15 is 0 Å². The van der Waals surface area contributed by atoms with E-state index in [-0.39, 0.29) is 5.69 Å². The van der Waals surface area contributed by atoms with Crippen molar-refractivity contribution in [2.75, 3.05) is 19.0 Å². The zero-order chi connectivity index (χ0) is 8.59. The van der Waals surface area contributed by atoms with Crippen molar-refractivity contribution in [3.63, 3.8) is 0 Å². The van der Waals surface area contributed by atoms with Crippen molar-refractivity contribution in [1.82, 2.24) is 14.3 Å². The van der Waals surface area contributed by atoms with Gasteiger partial charge in [-0.25, -0.2) is 9.48 Å². The van der Waals surface area contributed by atoms with Crippen molar-refractivity contribution in [3.8, 4) is 0 Å². The van der Waals surface area contributed by atoms with Gasteiger partial charge in [0.2, 0.25) is 5.95 Å². The summed E-state index contributed by atoms with van der Waals surface area (Å²) in [5, 5.41) is 4.00. The minimum atomic E-state index is -0.103. The number of hydrogen-bond acceptors (Lipinski definition) is 3. The molecule has 11 heavy (non-hydrogen) atoms. The summed E-state index contributed by atoms with van der Waals surface area (Å²) in [7, 11) is 7.03. The molecular formula is C6H12N4O. The van der Waals surface area contributed by atoms with E-state index in [1.54, 1.807) is 19.0 Å². The molecule has 0 aliphatic rings. The molecule has 0 fully saturated rings. The largest absolute Gasteiger partial charge is 0.347 e. The van der Waals surface area contributed by atoms with Crippen LogP contribution in [-0.4, -0.2) is 28.4 Å². The Bertz CT molecular complexity index is 309.